The average Bonchev–Trinajstić information content (AvgIpc) is 2.78. The normalized spacial score (nSPS) is 24.4. The van der Waals surface area contributed by atoms with Crippen LogP contribution in [0.3, 0.4) is 0 Å². The van der Waals surface area contributed by atoms with Crippen molar-refractivity contribution < 1.29 is 4.74 Å². The van der Waals surface area contributed by atoms with Crippen molar-refractivity contribution in [3.05, 3.63) is 35.4 Å². The van der Waals surface area contributed by atoms with Crippen LogP contribution in [-0.4, -0.2) is 32.6 Å². The van der Waals surface area contributed by atoms with Crippen LogP contribution in [0, 0.1) is 0 Å². The second-order valence-electron chi connectivity index (χ2n) is 12.5. The van der Waals surface area contributed by atoms with Gasteiger partial charge in [0.15, 0.2) is 0 Å². The van der Waals surface area contributed by atoms with Gasteiger partial charge in [-0.05, 0) is 27.6 Å². The van der Waals surface area contributed by atoms with Crippen LogP contribution in [0.4, 0.5) is 0 Å². The predicted octanol–water partition coefficient (Wildman–Crippen LogP) is 7.79. The van der Waals surface area contributed by atoms with E-state index in [1.807, 2.05) is 0 Å². The molecule has 1 nitrogen and oxygen atoms in total. The van der Waals surface area contributed by atoms with Crippen molar-refractivity contribution in [1.82, 2.24) is 0 Å². The molecule has 0 amide bonds. The summed E-state index contributed by atoms with van der Waals surface area (Å²) in [5, 5.41) is 0.562. The van der Waals surface area contributed by atoms with Crippen molar-refractivity contribution in [2.75, 3.05) is 6.16 Å². The van der Waals surface area contributed by atoms with Crippen LogP contribution in [-0.2, 0) is 9.96 Å². The highest BCUT2D eigenvalue weighted by molar-refractivity contribution is 7.61. The molecule has 0 bridgehead atoms. The van der Waals surface area contributed by atoms with Crippen molar-refractivity contribution in [3.8, 4) is 0 Å². The Kier molecular flexibility index (Phi) is 6.11. The molecule has 0 saturated heterocycles. The molecule has 154 valence electrons. The Morgan fingerprint density at radius 3 is 1.78 bits per heavy atom. The lowest BCUT2D eigenvalue weighted by Crippen LogP contribution is -2.54. The monoisotopic (exact) mass is 422 g/mol. The van der Waals surface area contributed by atoms with E-state index in [0.29, 0.717) is 16.0 Å². The Hall–Kier alpha value is 0.0438. The van der Waals surface area contributed by atoms with Gasteiger partial charge in [-0.3, -0.25) is 0 Å². The van der Waals surface area contributed by atoms with Crippen molar-refractivity contribution in [2.24, 2.45) is 0 Å². The average molecular weight is 423 g/mol. The van der Waals surface area contributed by atoms with Crippen LogP contribution >= 0.6 is 7.92 Å². The Balaban J connectivity index is 2.70. The number of benzene rings is 1. The molecular weight excluding hydrogens is 379 g/mol. The van der Waals surface area contributed by atoms with E-state index in [9.17, 15) is 0 Å². The standard InChI is InChI=1S/C23H43OPSi2/c1-21(2,3)25(22(4,5)6)17-23(27(10,11)12)19-16-14-13-15-18(19)20(24-23)26(7,8)9/h13-16,20H,17H2,1-12H3. The van der Waals surface area contributed by atoms with Crippen molar-refractivity contribution in [3.63, 3.8) is 0 Å². The number of fused-ring (bicyclic) bond motifs is 1. The lowest BCUT2D eigenvalue weighted by molar-refractivity contribution is 0.0213. The number of ether oxygens (including phenoxy) is 1. The highest BCUT2D eigenvalue weighted by Crippen LogP contribution is 2.65. The van der Waals surface area contributed by atoms with Crippen molar-refractivity contribution in [1.29, 1.82) is 0 Å². The van der Waals surface area contributed by atoms with E-state index in [4.69, 9.17) is 4.74 Å². The van der Waals surface area contributed by atoms with Gasteiger partial charge in [0, 0.05) is 0 Å². The minimum absolute atomic E-state index is 0.0686. The minimum atomic E-state index is -1.65. The summed E-state index contributed by atoms with van der Waals surface area (Å²) in [6, 6.07) is 9.20. The quantitative estimate of drug-likeness (QED) is 0.355. The highest BCUT2D eigenvalue weighted by Gasteiger charge is 2.57. The molecule has 1 aromatic carbocycles. The topological polar surface area (TPSA) is 9.23 Å². The molecule has 0 spiro atoms. The van der Waals surface area contributed by atoms with Gasteiger partial charge in [-0.15, -0.1) is 0 Å². The van der Waals surface area contributed by atoms with Gasteiger partial charge in [-0.2, -0.15) is 0 Å². The summed E-state index contributed by atoms with van der Waals surface area (Å²) in [5.41, 5.74) is 3.34. The molecule has 0 radical (unpaired) electrons. The first-order valence-electron chi connectivity index (χ1n) is 10.5. The summed E-state index contributed by atoms with van der Waals surface area (Å²) in [4.78, 5) is 0. The van der Waals surface area contributed by atoms with Gasteiger partial charge in [-0.25, -0.2) is 0 Å². The van der Waals surface area contributed by atoms with E-state index >= 15 is 0 Å². The Bertz CT molecular complexity index is 659. The van der Waals surface area contributed by atoms with Crippen LogP contribution in [0.5, 0.6) is 0 Å². The zero-order chi connectivity index (χ0) is 21.1. The molecule has 2 atom stereocenters. The lowest BCUT2D eigenvalue weighted by atomic mass is 10.1. The SMILES string of the molecule is CC(C)(C)P(CC1([Si](C)(C)C)OC([Si](C)(C)C)c2ccccc21)C(C)(C)C. The first-order chi connectivity index (χ1) is 11.9. The fraction of sp³-hybridized carbons (Fsp3) is 0.739. The Morgan fingerprint density at radius 2 is 1.37 bits per heavy atom. The van der Waals surface area contributed by atoms with E-state index in [2.05, 4.69) is 105 Å². The zero-order valence-electron chi connectivity index (χ0n) is 19.9. The van der Waals surface area contributed by atoms with Gasteiger partial charge in [0.1, 0.15) is 0 Å². The van der Waals surface area contributed by atoms with Crippen LogP contribution in [0.15, 0.2) is 24.3 Å². The van der Waals surface area contributed by atoms with Crippen molar-refractivity contribution in [2.45, 2.75) is 102 Å². The van der Waals surface area contributed by atoms with Gasteiger partial charge < -0.3 is 4.74 Å². The lowest BCUT2D eigenvalue weighted by Gasteiger charge is -2.50. The van der Waals surface area contributed by atoms with Gasteiger partial charge in [-0.1, -0.05) is 113 Å². The summed E-state index contributed by atoms with van der Waals surface area (Å²) in [7, 11) is -3.35. The third kappa shape index (κ3) is 4.47. The van der Waals surface area contributed by atoms with E-state index < -0.39 is 16.1 Å². The summed E-state index contributed by atoms with van der Waals surface area (Å²) < 4.78 is 7.31. The van der Waals surface area contributed by atoms with E-state index in [0.717, 1.165) is 0 Å². The van der Waals surface area contributed by atoms with Gasteiger partial charge in [0.25, 0.3) is 0 Å². The molecule has 2 unspecified atom stereocenters. The molecule has 0 aromatic heterocycles. The number of hydrogen-bond acceptors (Lipinski definition) is 1. The molecular formula is C23H43OPSi2. The summed E-state index contributed by atoms with van der Waals surface area (Å²) in [6.45, 7) is 29.6. The molecule has 1 heterocycles. The third-order valence-electron chi connectivity index (χ3n) is 6.00. The first kappa shape index (κ1) is 23.3. The molecule has 27 heavy (non-hydrogen) atoms. The number of hydrogen-bond donors (Lipinski definition) is 0. The van der Waals surface area contributed by atoms with Crippen molar-refractivity contribution >= 4 is 24.1 Å². The summed E-state index contributed by atoms with van der Waals surface area (Å²) in [6.07, 6.45) is 1.20. The van der Waals surface area contributed by atoms with E-state index in [1.165, 1.54) is 17.3 Å². The summed E-state index contributed by atoms with van der Waals surface area (Å²) >= 11 is 0. The minimum Gasteiger partial charge on any atom is -0.369 e. The molecule has 0 fully saturated rings. The smallest absolute Gasteiger partial charge is 0.0886 e. The molecule has 4 heteroatoms. The maximum atomic E-state index is 7.31. The first-order valence-corrected chi connectivity index (χ1v) is 19.1. The molecule has 0 aliphatic carbocycles. The molecule has 0 saturated carbocycles. The highest BCUT2D eigenvalue weighted by atomic mass is 31.1. The molecule has 2 rings (SSSR count). The van der Waals surface area contributed by atoms with Crippen LogP contribution in [0.2, 0.25) is 39.3 Å². The molecule has 0 N–H and O–H groups in total. The Morgan fingerprint density at radius 1 is 0.889 bits per heavy atom. The predicted molar refractivity (Wildman–Crippen MR) is 130 cm³/mol. The second-order valence-corrected chi connectivity index (χ2v) is 26.9. The second kappa shape index (κ2) is 7.08. The number of rotatable bonds is 4. The van der Waals surface area contributed by atoms with Gasteiger partial charge >= 0.3 is 0 Å². The fourth-order valence-corrected chi connectivity index (χ4v) is 14.1. The van der Waals surface area contributed by atoms with Crippen LogP contribution in [0.25, 0.3) is 0 Å². The maximum Gasteiger partial charge on any atom is 0.0886 e. The largest absolute Gasteiger partial charge is 0.369 e. The zero-order valence-corrected chi connectivity index (χ0v) is 22.8. The van der Waals surface area contributed by atoms with Crippen LogP contribution < -0.4 is 0 Å². The van der Waals surface area contributed by atoms with Crippen LogP contribution in [0.1, 0.15) is 58.4 Å². The van der Waals surface area contributed by atoms with E-state index in [1.54, 1.807) is 0 Å². The Labute approximate surface area is 172 Å². The molecule has 1 aliphatic heterocycles. The maximum absolute atomic E-state index is 7.31. The summed E-state index contributed by atoms with van der Waals surface area (Å²) in [5.74, 6) is 0. The van der Waals surface area contributed by atoms with Gasteiger partial charge in [0.2, 0.25) is 0 Å². The fourth-order valence-electron chi connectivity index (χ4n) is 4.71. The molecule has 1 aliphatic rings. The van der Waals surface area contributed by atoms with E-state index in [-0.39, 0.29) is 13.1 Å². The molecule has 1 aromatic rings. The van der Waals surface area contributed by atoms with Gasteiger partial charge in [0.05, 0.1) is 27.1 Å². The third-order valence-corrected chi connectivity index (χ3v) is 15.3.